The van der Waals surface area contributed by atoms with Crippen molar-refractivity contribution in [3.63, 3.8) is 0 Å². The Morgan fingerprint density at radius 2 is 1.61 bits per heavy atom. The molecule has 1 aromatic rings. The maximum atomic E-state index is 6.13. The summed E-state index contributed by atoms with van der Waals surface area (Å²) in [5, 5.41) is 0. The standard InChI is InChI=1S/C20H31BO2/c1-6-7-11-18(15-14-17-12-9-8-10-13-17)16-21-22-19(2,3)20(4,5)23-21/h8-10,12-13,16H,6-7,11,14-15H2,1-5H3/b18-16-. The number of allylic oxidation sites excluding steroid dienone is 1. The summed E-state index contributed by atoms with van der Waals surface area (Å²) in [5.41, 5.74) is 2.32. The van der Waals surface area contributed by atoms with E-state index in [1.165, 1.54) is 24.0 Å². The van der Waals surface area contributed by atoms with Crippen LogP contribution in [0.4, 0.5) is 0 Å². The Morgan fingerprint density at radius 1 is 1.00 bits per heavy atom. The average molecular weight is 314 g/mol. The lowest BCUT2D eigenvalue weighted by Crippen LogP contribution is -2.41. The van der Waals surface area contributed by atoms with Gasteiger partial charge in [0, 0.05) is 0 Å². The van der Waals surface area contributed by atoms with Crippen LogP contribution in [0.25, 0.3) is 0 Å². The molecular weight excluding hydrogens is 283 g/mol. The van der Waals surface area contributed by atoms with Gasteiger partial charge >= 0.3 is 7.12 Å². The highest BCUT2D eigenvalue weighted by molar-refractivity contribution is 6.51. The summed E-state index contributed by atoms with van der Waals surface area (Å²) in [6.45, 7) is 10.7. The van der Waals surface area contributed by atoms with E-state index < -0.39 is 0 Å². The van der Waals surface area contributed by atoms with Crippen LogP contribution in [0, 0.1) is 0 Å². The molecule has 0 saturated carbocycles. The van der Waals surface area contributed by atoms with Crippen molar-refractivity contribution in [2.45, 2.75) is 77.9 Å². The Hall–Kier alpha value is -1.06. The van der Waals surface area contributed by atoms with Crippen LogP contribution >= 0.6 is 0 Å². The van der Waals surface area contributed by atoms with Crippen molar-refractivity contribution in [1.29, 1.82) is 0 Å². The fraction of sp³-hybridized carbons (Fsp3) is 0.600. The van der Waals surface area contributed by atoms with Gasteiger partial charge in [0.2, 0.25) is 0 Å². The van der Waals surface area contributed by atoms with Crippen LogP contribution < -0.4 is 0 Å². The van der Waals surface area contributed by atoms with Crippen molar-refractivity contribution in [1.82, 2.24) is 0 Å². The zero-order valence-corrected chi connectivity index (χ0v) is 15.4. The molecule has 1 aliphatic rings. The van der Waals surface area contributed by atoms with Crippen molar-refractivity contribution in [2.24, 2.45) is 0 Å². The molecule has 0 amide bonds. The molecule has 0 spiro atoms. The highest BCUT2D eigenvalue weighted by atomic mass is 16.7. The van der Waals surface area contributed by atoms with E-state index in [1.54, 1.807) is 0 Å². The molecule has 0 radical (unpaired) electrons. The Balaban J connectivity index is 2.03. The molecule has 0 atom stereocenters. The molecule has 0 aromatic heterocycles. The number of aryl methyl sites for hydroxylation is 1. The summed E-state index contributed by atoms with van der Waals surface area (Å²) in [6, 6.07) is 10.7. The van der Waals surface area contributed by atoms with Crippen LogP contribution in [-0.4, -0.2) is 18.3 Å². The number of hydrogen-bond acceptors (Lipinski definition) is 2. The first-order valence-electron chi connectivity index (χ1n) is 8.93. The fourth-order valence-corrected chi connectivity index (χ4v) is 2.79. The molecule has 3 heteroatoms. The van der Waals surface area contributed by atoms with Gasteiger partial charge in [-0.2, -0.15) is 0 Å². The minimum absolute atomic E-state index is 0.220. The summed E-state index contributed by atoms with van der Waals surface area (Å²) >= 11 is 0. The predicted molar refractivity (Wildman–Crippen MR) is 98.5 cm³/mol. The molecule has 1 fully saturated rings. The second kappa shape index (κ2) is 7.68. The Bertz CT molecular complexity index is 504. The van der Waals surface area contributed by atoms with E-state index in [1.807, 2.05) is 0 Å². The highest BCUT2D eigenvalue weighted by Crippen LogP contribution is 2.37. The van der Waals surface area contributed by atoms with E-state index in [0.717, 1.165) is 19.3 Å². The molecule has 1 aliphatic heterocycles. The molecule has 126 valence electrons. The van der Waals surface area contributed by atoms with E-state index in [-0.39, 0.29) is 18.3 Å². The number of rotatable bonds is 7. The molecule has 2 rings (SSSR count). The largest absolute Gasteiger partial charge is 0.487 e. The predicted octanol–water partition coefficient (Wildman–Crippen LogP) is 5.37. The zero-order valence-electron chi connectivity index (χ0n) is 15.4. The van der Waals surface area contributed by atoms with Gasteiger partial charge in [-0.05, 0) is 58.9 Å². The third-order valence-corrected chi connectivity index (χ3v) is 5.07. The van der Waals surface area contributed by atoms with Crippen molar-refractivity contribution in [3.05, 3.63) is 47.4 Å². The van der Waals surface area contributed by atoms with E-state index in [9.17, 15) is 0 Å². The molecular formula is C20H31BO2. The first kappa shape index (κ1) is 18.3. The van der Waals surface area contributed by atoms with Crippen molar-refractivity contribution >= 4 is 7.12 Å². The first-order chi connectivity index (χ1) is 10.8. The van der Waals surface area contributed by atoms with Gasteiger partial charge in [-0.1, -0.05) is 55.2 Å². The maximum Gasteiger partial charge on any atom is 0.487 e. The molecule has 1 heterocycles. The Morgan fingerprint density at radius 3 is 2.17 bits per heavy atom. The fourth-order valence-electron chi connectivity index (χ4n) is 2.79. The third kappa shape index (κ3) is 4.96. The SMILES string of the molecule is CCCC/C(=C/B1OC(C)(C)C(C)(C)O1)CCc1ccccc1. The lowest BCUT2D eigenvalue weighted by Gasteiger charge is -2.32. The van der Waals surface area contributed by atoms with Gasteiger partial charge in [0.1, 0.15) is 0 Å². The molecule has 0 N–H and O–H groups in total. The van der Waals surface area contributed by atoms with Crippen molar-refractivity contribution < 1.29 is 9.31 Å². The molecule has 0 bridgehead atoms. The van der Waals surface area contributed by atoms with E-state index in [0.29, 0.717) is 0 Å². The van der Waals surface area contributed by atoms with Crippen molar-refractivity contribution in [3.8, 4) is 0 Å². The van der Waals surface area contributed by atoms with Gasteiger partial charge in [-0.25, -0.2) is 0 Å². The maximum absolute atomic E-state index is 6.13. The summed E-state index contributed by atoms with van der Waals surface area (Å²) < 4.78 is 12.3. The Labute approximate surface area is 142 Å². The normalized spacial score (nSPS) is 20.0. The minimum Gasteiger partial charge on any atom is -0.400 e. The number of benzene rings is 1. The monoisotopic (exact) mass is 314 g/mol. The van der Waals surface area contributed by atoms with Gasteiger partial charge in [0.25, 0.3) is 0 Å². The van der Waals surface area contributed by atoms with Crippen LogP contribution in [0.1, 0.15) is 65.9 Å². The average Bonchev–Trinajstić information content (AvgIpc) is 2.70. The van der Waals surface area contributed by atoms with Crippen LogP contribution in [-0.2, 0) is 15.7 Å². The van der Waals surface area contributed by atoms with Crippen LogP contribution in [0.2, 0.25) is 0 Å². The molecule has 0 aliphatic carbocycles. The van der Waals surface area contributed by atoms with Gasteiger partial charge in [0.15, 0.2) is 0 Å². The van der Waals surface area contributed by atoms with Crippen molar-refractivity contribution in [2.75, 3.05) is 0 Å². The molecule has 23 heavy (non-hydrogen) atoms. The number of hydrogen-bond donors (Lipinski definition) is 0. The van der Waals surface area contributed by atoms with E-state index in [2.05, 4.69) is 70.9 Å². The summed E-state index contributed by atoms with van der Waals surface area (Å²) in [5.74, 6) is 2.22. The van der Waals surface area contributed by atoms with Gasteiger partial charge < -0.3 is 9.31 Å². The van der Waals surface area contributed by atoms with E-state index in [4.69, 9.17) is 9.31 Å². The van der Waals surface area contributed by atoms with Gasteiger partial charge in [-0.3, -0.25) is 0 Å². The lowest BCUT2D eigenvalue weighted by atomic mass is 9.84. The van der Waals surface area contributed by atoms with Crippen LogP contribution in [0.3, 0.4) is 0 Å². The molecule has 2 nitrogen and oxygen atoms in total. The minimum atomic E-state index is -0.260. The zero-order chi connectivity index (χ0) is 16.9. The number of unbranched alkanes of at least 4 members (excludes halogenated alkanes) is 1. The summed E-state index contributed by atoms with van der Waals surface area (Å²) in [6.07, 6.45) is 5.73. The van der Waals surface area contributed by atoms with E-state index >= 15 is 0 Å². The van der Waals surface area contributed by atoms with Gasteiger partial charge in [-0.15, -0.1) is 0 Å². The quantitative estimate of drug-likeness (QED) is 0.630. The van der Waals surface area contributed by atoms with Crippen LogP contribution in [0.5, 0.6) is 0 Å². The first-order valence-corrected chi connectivity index (χ1v) is 8.93. The Kier molecular flexibility index (Phi) is 6.10. The molecule has 1 saturated heterocycles. The second-order valence-electron chi connectivity index (χ2n) is 7.54. The lowest BCUT2D eigenvalue weighted by molar-refractivity contribution is 0.00578. The molecule has 0 unspecified atom stereocenters. The summed E-state index contributed by atoms with van der Waals surface area (Å²) in [4.78, 5) is 0. The van der Waals surface area contributed by atoms with Crippen LogP contribution in [0.15, 0.2) is 41.9 Å². The smallest absolute Gasteiger partial charge is 0.400 e. The summed E-state index contributed by atoms with van der Waals surface area (Å²) in [7, 11) is -0.220. The van der Waals surface area contributed by atoms with Gasteiger partial charge in [0.05, 0.1) is 11.2 Å². The molecule has 1 aromatic carbocycles. The third-order valence-electron chi connectivity index (χ3n) is 5.07. The highest BCUT2D eigenvalue weighted by Gasteiger charge is 2.50. The topological polar surface area (TPSA) is 18.5 Å². The second-order valence-corrected chi connectivity index (χ2v) is 7.54.